The van der Waals surface area contributed by atoms with Crippen molar-refractivity contribution in [2.24, 2.45) is 0 Å². The summed E-state index contributed by atoms with van der Waals surface area (Å²) in [5.74, 6) is 3.20. The zero-order valence-electron chi connectivity index (χ0n) is 13.3. The van der Waals surface area contributed by atoms with Gasteiger partial charge >= 0.3 is 0 Å². The van der Waals surface area contributed by atoms with Gasteiger partial charge in [-0.3, -0.25) is 0 Å². The highest BCUT2D eigenvalue weighted by Crippen LogP contribution is 2.27. The fourth-order valence-corrected chi connectivity index (χ4v) is 3.13. The molecular formula is C16H18N4O2S. The van der Waals surface area contributed by atoms with Crippen LogP contribution in [0.1, 0.15) is 18.4 Å². The Bertz CT molecular complexity index is 780. The van der Waals surface area contributed by atoms with Gasteiger partial charge in [-0.2, -0.15) is 0 Å². The molecule has 0 atom stereocenters. The maximum atomic E-state index is 5.23. The van der Waals surface area contributed by atoms with Crippen LogP contribution >= 0.6 is 11.8 Å². The van der Waals surface area contributed by atoms with Gasteiger partial charge in [0.1, 0.15) is 11.5 Å². The van der Waals surface area contributed by atoms with Crippen LogP contribution < -0.4 is 4.74 Å². The van der Waals surface area contributed by atoms with E-state index in [1.807, 2.05) is 37.3 Å². The van der Waals surface area contributed by atoms with Gasteiger partial charge in [0, 0.05) is 18.2 Å². The molecule has 2 aromatic heterocycles. The Hall–Kier alpha value is -2.28. The number of hydrogen-bond donors (Lipinski definition) is 0. The molecule has 0 saturated heterocycles. The van der Waals surface area contributed by atoms with Gasteiger partial charge in [-0.05, 0) is 38.1 Å². The first-order valence-corrected chi connectivity index (χ1v) is 8.32. The smallest absolute Gasteiger partial charge is 0.191 e. The summed E-state index contributed by atoms with van der Waals surface area (Å²) in [5.41, 5.74) is 1.90. The van der Waals surface area contributed by atoms with E-state index in [0.29, 0.717) is 5.75 Å². The second-order valence-corrected chi connectivity index (χ2v) is 5.94. The third-order valence-corrected chi connectivity index (χ3v) is 4.39. The molecule has 0 N–H and O–H groups in total. The van der Waals surface area contributed by atoms with Gasteiger partial charge in [0.15, 0.2) is 11.0 Å². The number of benzene rings is 1. The van der Waals surface area contributed by atoms with E-state index in [9.17, 15) is 0 Å². The summed E-state index contributed by atoms with van der Waals surface area (Å²) in [4.78, 5) is 0. The Balaban J connectivity index is 1.81. The molecule has 6 nitrogen and oxygen atoms in total. The van der Waals surface area contributed by atoms with Crippen molar-refractivity contribution in [2.75, 3.05) is 7.11 Å². The average molecular weight is 330 g/mol. The van der Waals surface area contributed by atoms with Crippen LogP contribution in [0.25, 0.3) is 11.4 Å². The first kappa shape index (κ1) is 15.6. The maximum absolute atomic E-state index is 5.23. The predicted molar refractivity (Wildman–Crippen MR) is 88.5 cm³/mol. The monoisotopic (exact) mass is 330 g/mol. The molecule has 0 unspecified atom stereocenters. The molecule has 0 fully saturated rings. The van der Waals surface area contributed by atoms with Gasteiger partial charge < -0.3 is 13.8 Å². The molecule has 2 heterocycles. The van der Waals surface area contributed by atoms with E-state index < -0.39 is 0 Å². The summed E-state index contributed by atoms with van der Waals surface area (Å²) >= 11 is 1.59. The lowest BCUT2D eigenvalue weighted by atomic mass is 10.2. The van der Waals surface area contributed by atoms with E-state index in [4.69, 9.17) is 9.26 Å². The Morgan fingerprint density at radius 3 is 2.61 bits per heavy atom. The zero-order valence-corrected chi connectivity index (χ0v) is 14.1. The van der Waals surface area contributed by atoms with Gasteiger partial charge in [-0.15, -0.1) is 10.2 Å². The summed E-state index contributed by atoms with van der Waals surface area (Å²) in [7, 11) is 1.66. The second-order valence-electron chi connectivity index (χ2n) is 5.00. The summed E-state index contributed by atoms with van der Waals surface area (Å²) in [6.45, 7) is 4.79. The number of ether oxygens (including phenoxy) is 1. The van der Waals surface area contributed by atoms with Crippen LogP contribution in [0.3, 0.4) is 0 Å². The largest absolute Gasteiger partial charge is 0.497 e. The summed E-state index contributed by atoms with van der Waals surface area (Å²) in [6.07, 6.45) is 0. The summed E-state index contributed by atoms with van der Waals surface area (Å²) in [5, 5.41) is 13.4. The van der Waals surface area contributed by atoms with Crippen LogP contribution in [0.2, 0.25) is 0 Å². The molecular weight excluding hydrogens is 312 g/mol. The van der Waals surface area contributed by atoms with E-state index >= 15 is 0 Å². The fourth-order valence-electron chi connectivity index (χ4n) is 2.25. The van der Waals surface area contributed by atoms with Gasteiger partial charge in [-0.25, -0.2) is 0 Å². The van der Waals surface area contributed by atoms with Crippen molar-refractivity contribution in [1.29, 1.82) is 0 Å². The first-order valence-electron chi connectivity index (χ1n) is 7.34. The van der Waals surface area contributed by atoms with Crippen LogP contribution in [0.5, 0.6) is 5.75 Å². The molecule has 23 heavy (non-hydrogen) atoms. The first-order chi connectivity index (χ1) is 11.2. The molecule has 1 aromatic carbocycles. The topological polar surface area (TPSA) is 66.0 Å². The number of aromatic nitrogens is 4. The summed E-state index contributed by atoms with van der Waals surface area (Å²) in [6, 6.07) is 9.76. The molecule has 120 valence electrons. The number of rotatable bonds is 6. The quantitative estimate of drug-likeness (QED) is 0.644. The molecule has 0 bridgehead atoms. The molecule has 0 spiro atoms. The minimum atomic E-state index is 0.682. The van der Waals surface area contributed by atoms with Gasteiger partial charge in [0.2, 0.25) is 0 Å². The maximum Gasteiger partial charge on any atom is 0.191 e. The minimum Gasteiger partial charge on any atom is -0.497 e. The number of thioether (sulfide) groups is 1. The molecule has 7 heteroatoms. The number of nitrogens with zero attached hydrogens (tertiary/aromatic N) is 4. The Morgan fingerprint density at radius 2 is 2.00 bits per heavy atom. The number of aryl methyl sites for hydroxylation is 1. The normalized spacial score (nSPS) is 10.9. The van der Waals surface area contributed by atoms with Crippen molar-refractivity contribution in [1.82, 2.24) is 19.9 Å². The second kappa shape index (κ2) is 6.87. The SMILES string of the molecule is CCn1c(SCc2cc(C)no2)nnc1-c1ccc(OC)cc1. The lowest BCUT2D eigenvalue weighted by Gasteiger charge is -2.07. The number of hydrogen-bond acceptors (Lipinski definition) is 6. The molecule has 3 aromatic rings. The molecule has 0 aliphatic rings. The molecule has 0 amide bonds. The third kappa shape index (κ3) is 3.39. The Labute approximate surface area is 138 Å². The Kier molecular flexibility index (Phi) is 4.66. The van der Waals surface area contributed by atoms with Gasteiger partial charge in [0.25, 0.3) is 0 Å². The van der Waals surface area contributed by atoms with Crippen LogP contribution in [0.15, 0.2) is 40.0 Å². The zero-order chi connectivity index (χ0) is 16.2. The van der Waals surface area contributed by atoms with E-state index in [1.165, 1.54) is 0 Å². The predicted octanol–water partition coefficient (Wildman–Crippen LogP) is 3.56. The molecule has 3 rings (SSSR count). The van der Waals surface area contributed by atoms with E-state index in [2.05, 4.69) is 26.8 Å². The van der Waals surface area contributed by atoms with Crippen LogP contribution in [-0.4, -0.2) is 27.0 Å². The van der Waals surface area contributed by atoms with Crippen LogP contribution in [0, 0.1) is 6.92 Å². The lowest BCUT2D eigenvalue weighted by Crippen LogP contribution is -1.99. The van der Waals surface area contributed by atoms with Crippen molar-refractivity contribution in [3.63, 3.8) is 0 Å². The van der Waals surface area contributed by atoms with Gasteiger partial charge in [0.05, 0.1) is 18.6 Å². The third-order valence-electron chi connectivity index (χ3n) is 3.40. The fraction of sp³-hybridized carbons (Fsp3) is 0.312. The number of methoxy groups -OCH3 is 1. The molecule has 0 aliphatic carbocycles. The van der Waals surface area contributed by atoms with Gasteiger partial charge in [-0.1, -0.05) is 16.9 Å². The van der Waals surface area contributed by atoms with Crippen molar-refractivity contribution in [2.45, 2.75) is 31.3 Å². The van der Waals surface area contributed by atoms with E-state index in [0.717, 1.165) is 40.3 Å². The Morgan fingerprint density at radius 1 is 1.22 bits per heavy atom. The highest BCUT2D eigenvalue weighted by molar-refractivity contribution is 7.98. The molecule has 0 saturated carbocycles. The van der Waals surface area contributed by atoms with Crippen molar-refractivity contribution >= 4 is 11.8 Å². The highest BCUT2D eigenvalue weighted by atomic mass is 32.2. The highest BCUT2D eigenvalue weighted by Gasteiger charge is 2.14. The minimum absolute atomic E-state index is 0.682. The van der Waals surface area contributed by atoms with Crippen molar-refractivity contribution < 1.29 is 9.26 Å². The van der Waals surface area contributed by atoms with Crippen LogP contribution in [0.4, 0.5) is 0 Å². The van der Waals surface area contributed by atoms with Crippen molar-refractivity contribution in [3.05, 3.63) is 41.8 Å². The lowest BCUT2D eigenvalue weighted by molar-refractivity contribution is 0.391. The molecule has 0 radical (unpaired) electrons. The van der Waals surface area contributed by atoms with E-state index in [1.54, 1.807) is 18.9 Å². The van der Waals surface area contributed by atoms with Crippen LogP contribution in [-0.2, 0) is 12.3 Å². The van der Waals surface area contributed by atoms with Crippen molar-refractivity contribution in [3.8, 4) is 17.1 Å². The molecule has 0 aliphatic heterocycles. The van der Waals surface area contributed by atoms with E-state index in [-0.39, 0.29) is 0 Å². The standard InChI is InChI=1S/C16H18N4O2S/c1-4-20-15(12-5-7-13(21-3)8-6-12)17-18-16(20)23-10-14-9-11(2)19-22-14/h5-9H,4,10H2,1-3H3. The average Bonchev–Trinajstić information content (AvgIpc) is 3.18. The summed E-state index contributed by atoms with van der Waals surface area (Å²) < 4.78 is 12.5.